The summed E-state index contributed by atoms with van der Waals surface area (Å²) in [5, 5.41) is 2.98. The van der Waals surface area contributed by atoms with Gasteiger partial charge in [-0.1, -0.05) is 17.7 Å². The largest absolute Gasteiger partial charge is 0.454 e. The van der Waals surface area contributed by atoms with Gasteiger partial charge in [-0.15, -0.1) is 0 Å². The number of nitrogens with one attached hydrogen (secondary N) is 1. The van der Waals surface area contributed by atoms with E-state index in [9.17, 15) is 22.8 Å². The Labute approximate surface area is 153 Å². The topological polar surface area (TPSA) is 60.3 Å². The second kappa shape index (κ2) is 7.19. The fourth-order valence-electron chi connectivity index (χ4n) is 2.38. The first kappa shape index (κ1) is 20.1. The summed E-state index contributed by atoms with van der Waals surface area (Å²) in [6, 6.07) is 4.26. The minimum atomic E-state index is -4.98. The molecule has 0 fully saturated rings. The molecule has 1 aromatic carbocycles. The summed E-state index contributed by atoms with van der Waals surface area (Å²) in [5.41, 5.74) is -0.748. The summed E-state index contributed by atoms with van der Waals surface area (Å²) in [5.74, 6) is -1.93. The number of nitrogens with zero attached hydrogens (tertiary/aromatic N) is 1. The van der Waals surface area contributed by atoms with Gasteiger partial charge in [-0.2, -0.15) is 13.2 Å². The smallest absolute Gasteiger partial charge is 0.444 e. The number of aromatic nitrogens is 1. The number of alkyl halides is 3. The van der Waals surface area contributed by atoms with Gasteiger partial charge in [0.1, 0.15) is 5.60 Å². The fourth-order valence-corrected chi connectivity index (χ4v) is 2.54. The Morgan fingerprint density at radius 3 is 2.46 bits per heavy atom. The molecule has 0 atom stereocenters. The maximum absolute atomic E-state index is 12.8. The number of amides is 1. The van der Waals surface area contributed by atoms with Gasteiger partial charge in [-0.05, 0) is 32.9 Å². The van der Waals surface area contributed by atoms with Crippen LogP contribution in [-0.4, -0.2) is 34.8 Å². The van der Waals surface area contributed by atoms with E-state index in [4.69, 9.17) is 16.3 Å². The number of halogens is 4. The Morgan fingerprint density at radius 2 is 1.88 bits per heavy atom. The first-order valence-corrected chi connectivity index (χ1v) is 8.13. The van der Waals surface area contributed by atoms with Gasteiger partial charge in [0.25, 0.3) is 5.78 Å². The molecule has 2 aromatic rings. The maximum Gasteiger partial charge on any atom is 0.454 e. The van der Waals surface area contributed by atoms with Gasteiger partial charge < -0.3 is 14.6 Å². The van der Waals surface area contributed by atoms with Gasteiger partial charge in [0.2, 0.25) is 0 Å². The standard InChI is InChI=1S/C17H18ClF3N2O3/c1-16(2,3)26-15(25)22-6-7-23-9-12(14(24)17(19,20)21)11-5-4-10(18)8-13(11)23/h4-5,8-9H,6-7H2,1-3H3,(H,22,25). The lowest BCUT2D eigenvalue weighted by Crippen LogP contribution is -2.34. The van der Waals surface area contributed by atoms with Crippen LogP contribution in [0.25, 0.3) is 10.9 Å². The van der Waals surface area contributed by atoms with Gasteiger partial charge in [0, 0.05) is 29.7 Å². The molecule has 26 heavy (non-hydrogen) atoms. The first-order valence-electron chi connectivity index (χ1n) is 7.75. The molecule has 0 radical (unpaired) electrons. The van der Waals surface area contributed by atoms with Crippen LogP contribution in [0.3, 0.4) is 0 Å². The number of rotatable bonds is 4. The Hall–Kier alpha value is -2.22. The van der Waals surface area contributed by atoms with E-state index in [1.807, 2.05) is 0 Å². The van der Waals surface area contributed by atoms with Gasteiger partial charge in [-0.25, -0.2) is 4.79 Å². The number of hydrogen-bond donors (Lipinski definition) is 1. The molecule has 0 saturated heterocycles. The Morgan fingerprint density at radius 1 is 1.23 bits per heavy atom. The number of fused-ring (bicyclic) bond motifs is 1. The number of carbonyl (C=O) groups is 2. The normalized spacial score (nSPS) is 12.3. The molecule has 0 unspecified atom stereocenters. The Kier molecular flexibility index (Phi) is 5.55. The van der Waals surface area contributed by atoms with Gasteiger partial charge >= 0.3 is 12.3 Å². The average Bonchev–Trinajstić information content (AvgIpc) is 2.81. The van der Waals surface area contributed by atoms with Crippen molar-refractivity contribution >= 4 is 34.4 Å². The van der Waals surface area contributed by atoms with Crippen molar-refractivity contribution in [2.24, 2.45) is 0 Å². The zero-order chi connectivity index (χ0) is 19.7. The molecule has 0 aliphatic rings. The minimum Gasteiger partial charge on any atom is -0.444 e. The highest BCUT2D eigenvalue weighted by molar-refractivity contribution is 6.31. The lowest BCUT2D eigenvalue weighted by molar-refractivity contribution is -0.0884. The molecule has 0 bridgehead atoms. The van der Waals surface area contributed by atoms with E-state index >= 15 is 0 Å². The molecule has 1 N–H and O–H groups in total. The second-order valence-electron chi connectivity index (χ2n) is 6.65. The summed E-state index contributed by atoms with van der Waals surface area (Å²) in [4.78, 5) is 23.3. The Bertz CT molecular complexity index is 838. The van der Waals surface area contributed by atoms with Crippen molar-refractivity contribution in [1.82, 2.24) is 9.88 Å². The van der Waals surface area contributed by atoms with Crippen molar-refractivity contribution in [3.05, 3.63) is 35.0 Å². The molecule has 142 valence electrons. The molecule has 9 heteroatoms. The van der Waals surface area contributed by atoms with Crippen LogP contribution in [0.1, 0.15) is 31.1 Å². The number of carbonyl (C=O) groups excluding carboxylic acids is 2. The molecule has 2 rings (SSSR count). The molecule has 0 aliphatic carbocycles. The van der Waals surface area contributed by atoms with E-state index in [1.165, 1.54) is 22.8 Å². The van der Waals surface area contributed by atoms with Crippen LogP contribution in [0.5, 0.6) is 0 Å². The Balaban J connectivity index is 2.23. The number of benzene rings is 1. The molecule has 5 nitrogen and oxygen atoms in total. The van der Waals surface area contributed by atoms with Crippen LogP contribution in [0, 0.1) is 0 Å². The van der Waals surface area contributed by atoms with Crippen molar-refractivity contribution in [2.45, 2.75) is 39.1 Å². The number of Topliss-reactive ketones (excluding diaryl/α,β-unsaturated/α-hetero) is 1. The maximum atomic E-state index is 12.8. The van der Waals surface area contributed by atoms with Crippen molar-refractivity contribution in [2.75, 3.05) is 6.54 Å². The third kappa shape index (κ3) is 4.91. The SMILES string of the molecule is CC(C)(C)OC(=O)NCCn1cc(C(=O)C(F)(F)F)c2ccc(Cl)cc21. The highest BCUT2D eigenvalue weighted by atomic mass is 35.5. The minimum absolute atomic E-state index is 0.102. The number of alkyl carbamates (subject to hydrolysis) is 1. The lowest BCUT2D eigenvalue weighted by atomic mass is 10.1. The molecule has 1 aromatic heterocycles. The summed E-state index contributed by atoms with van der Waals surface area (Å²) >= 11 is 5.92. The predicted octanol–water partition coefficient (Wildman–Crippen LogP) is 4.56. The fraction of sp³-hybridized carbons (Fsp3) is 0.412. The molecule has 0 spiro atoms. The number of ketones is 1. The van der Waals surface area contributed by atoms with Crippen LogP contribution in [0.15, 0.2) is 24.4 Å². The first-order chi connectivity index (χ1) is 11.9. The summed E-state index contributed by atoms with van der Waals surface area (Å²) < 4.78 is 45.0. The van der Waals surface area contributed by atoms with Crippen molar-refractivity contribution in [3.63, 3.8) is 0 Å². The van der Waals surface area contributed by atoms with Crippen LogP contribution in [0.2, 0.25) is 5.02 Å². The third-order valence-electron chi connectivity index (χ3n) is 3.37. The van der Waals surface area contributed by atoms with Crippen LogP contribution >= 0.6 is 11.6 Å². The van der Waals surface area contributed by atoms with Gasteiger partial charge in [-0.3, -0.25) is 4.79 Å². The monoisotopic (exact) mass is 390 g/mol. The quantitative estimate of drug-likeness (QED) is 0.778. The zero-order valence-electron chi connectivity index (χ0n) is 14.4. The van der Waals surface area contributed by atoms with E-state index in [1.54, 1.807) is 20.8 Å². The third-order valence-corrected chi connectivity index (χ3v) is 3.60. The van der Waals surface area contributed by atoms with Gasteiger partial charge in [0.05, 0.1) is 11.1 Å². The van der Waals surface area contributed by atoms with E-state index in [0.717, 1.165) is 6.20 Å². The average molecular weight is 391 g/mol. The zero-order valence-corrected chi connectivity index (χ0v) is 15.2. The highest BCUT2D eigenvalue weighted by Gasteiger charge is 2.40. The van der Waals surface area contributed by atoms with Crippen molar-refractivity contribution < 1.29 is 27.5 Å². The van der Waals surface area contributed by atoms with Crippen LogP contribution < -0.4 is 5.32 Å². The van der Waals surface area contributed by atoms with E-state index in [-0.39, 0.29) is 18.5 Å². The van der Waals surface area contributed by atoms with Gasteiger partial charge in [0.15, 0.2) is 0 Å². The van der Waals surface area contributed by atoms with Crippen molar-refractivity contribution in [3.8, 4) is 0 Å². The predicted molar refractivity (Wildman–Crippen MR) is 91.6 cm³/mol. The highest BCUT2D eigenvalue weighted by Crippen LogP contribution is 2.30. The molecule has 0 aliphatic heterocycles. The van der Waals surface area contributed by atoms with E-state index < -0.39 is 29.2 Å². The molecule has 1 amide bonds. The summed E-state index contributed by atoms with van der Waals surface area (Å²) in [6.07, 6.45) is -4.50. The second-order valence-corrected chi connectivity index (χ2v) is 7.09. The lowest BCUT2D eigenvalue weighted by Gasteiger charge is -2.19. The molecule has 1 heterocycles. The summed E-state index contributed by atoms with van der Waals surface area (Å²) in [6.45, 7) is 5.38. The molecule has 0 saturated carbocycles. The van der Waals surface area contributed by atoms with Crippen LogP contribution in [-0.2, 0) is 11.3 Å². The van der Waals surface area contributed by atoms with Crippen molar-refractivity contribution in [1.29, 1.82) is 0 Å². The van der Waals surface area contributed by atoms with E-state index in [0.29, 0.717) is 10.5 Å². The number of hydrogen-bond acceptors (Lipinski definition) is 3. The molecular formula is C17H18ClF3N2O3. The number of ether oxygens (including phenoxy) is 1. The van der Waals surface area contributed by atoms with E-state index in [2.05, 4.69) is 5.32 Å². The summed E-state index contributed by atoms with van der Waals surface area (Å²) in [7, 11) is 0. The molecular weight excluding hydrogens is 373 g/mol. The van der Waals surface area contributed by atoms with Crippen LogP contribution in [0.4, 0.5) is 18.0 Å².